The quantitative estimate of drug-likeness (QED) is 0.627. The standard InChI is InChI=1S/C9H18O2/c1-3-4-6-9(2)10-7-5-8-11-9/h3-8H2,1-2H3. The van der Waals surface area contributed by atoms with E-state index in [1.807, 2.05) is 6.92 Å². The SMILES string of the molecule is CCCCC1(C)OCCCO1. The van der Waals surface area contributed by atoms with Crippen LogP contribution in [0.3, 0.4) is 0 Å². The molecule has 1 fully saturated rings. The third kappa shape index (κ3) is 2.80. The summed E-state index contributed by atoms with van der Waals surface area (Å²) >= 11 is 0. The highest BCUT2D eigenvalue weighted by Crippen LogP contribution is 2.23. The van der Waals surface area contributed by atoms with Gasteiger partial charge >= 0.3 is 0 Å². The first-order chi connectivity index (χ1) is 5.27. The fourth-order valence-electron chi connectivity index (χ4n) is 1.32. The normalized spacial score (nSPS) is 23.5. The predicted molar refractivity (Wildman–Crippen MR) is 44.5 cm³/mol. The van der Waals surface area contributed by atoms with Crippen molar-refractivity contribution >= 4 is 0 Å². The van der Waals surface area contributed by atoms with Crippen molar-refractivity contribution in [3.05, 3.63) is 0 Å². The average Bonchev–Trinajstić information content (AvgIpc) is 2.03. The van der Waals surface area contributed by atoms with Crippen molar-refractivity contribution in [2.45, 2.75) is 45.3 Å². The van der Waals surface area contributed by atoms with Crippen LogP contribution in [0.5, 0.6) is 0 Å². The summed E-state index contributed by atoms with van der Waals surface area (Å²) in [4.78, 5) is 0. The van der Waals surface area contributed by atoms with Gasteiger partial charge in [0.25, 0.3) is 0 Å². The van der Waals surface area contributed by atoms with E-state index in [0.29, 0.717) is 0 Å². The van der Waals surface area contributed by atoms with E-state index in [1.54, 1.807) is 0 Å². The van der Waals surface area contributed by atoms with Gasteiger partial charge < -0.3 is 9.47 Å². The highest BCUT2D eigenvalue weighted by Gasteiger charge is 2.27. The number of hydrogen-bond donors (Lipinski definition) is 0. The molecule has 0 aromatic carbocycles. The molecule has 0 N–H and O–H groups in total. The lowest BCUT2D eigenvalue weighted by molar-refractivity contribution is -0.259. The van der Waals surface area contributed by atoms with Crippen LogP contribution < -0.4 is 0 Å². The Kier molecular flexibility index (Phi) is 3.34. The average molecular weight is 158 g/mol. The molecule has 0 amide bonds. The van der Waals surface area contributed by atoms with Crippen LogP contribution in [-0.2, 0) is 9.47 Å². The summed E-state index contributed by atoms with van der Waals surface area (Å²) in [5.41, 5.74) is 0. The number of rotatable bonds is 3. The summed E-state index contributed by atoms with van der Waals surface area (Å²) in [6.45, 7) is 5.95. The molecule has 1 heterocycles. The number of unbranched alkanes of at least 4 members (excludes halogenated alkanes) is 1. The molecule has 0 unspecified atom stereocenters. The molecule has 1 aliphatic rings. The zero-order valence-corrected chi connectivity index (χ0v) is 7.56. The molecule has 0 aromatic heterocycles. The fourth-order valence-corrected chi connectivity index (χ4v) is 1.32. The molecular weight excluding hydrogens is 140 g/mol. The van der Waals surface area contributed by atoms with E-state index in [9.17, 15) is 0 Å². The van der Waals surface area contributed by atoms with Crippen molar-refractivity contribution in [3.8, 4) is 0 Å². The topological polar surface area (TPSA) is 18.5 Å². The van der Waals surface area contributed by atoms with E-state index in [1.165, 1.54) is 12.8 Å². The Morgan fingerprint density at radius 2 is 1.91 bits per heavy atom. The molecule has 1 saturated heterocycles. The van der Waals surface area contributed by atoms with Gasteiger partial charge in [0.15, 0.2) is 5.79 Å². The zero-order chi connectivity index (χ0) is 8.16. The predicted octanol–water partition coefficient (Wildman–Crippen LogP) is 2.33. The van der Waals surface area contributed by atoms with Crippen molar-refractivity contribution in [3.63, 3.8) is 0 Å². The lowest BCUT2D eigenvalue weighted by atomic mass is 10.1. The summed E-state index contributed by atoms with van der Waals surface area (Å²) in [6.07, 6.45) is 4.48. The highest BCUT2D eigenvalue weighted by atomic mass is 16.7. The minimum atomic E-state index is -0.270. The first kappa shape index (κ1) is 9.01. The Labute approximate surface area is 68.9 Å². The molecule has 66 valence electrons. The third-order valence-electron chi connectivity index (χ3n) is 2.09. The summed E-state index contributed by atoms with van der Waals surface area (Å²) in [7, 11) is 0. The van der Waals surface area contributed by atoms with E-state index in [2.05, 4.69) is 6.92 Å². The first-order valence-corrected chi connectivity index (χ1v) is 4.55. The van der Waals surface area contributed by atoms with Crippen LogP contribution in [-0.4, -0.2) is 19.0 Å². The second kappa shape index (κ2) is 4.07. The van der Waals surface area contributed by atoms with E-state index in [0.717, 1.165) is 26.1 Å². The minimum Gasteiger partial charge on any atom is -0.350 e. The Morgan fingerprint density at radius 3 is 2.45 bits per heavy atom. The van der Waals surface area contributed by atoms with Gasteiger partial charge in [-0.15, -0.1) is 0 Å². The molecular formula is C9H18O2. The van der Waals surface area contributed by atoms with Gasteiger partial charge in [-0.25, -0.2) is 0 Å². The number of hydrogen-bond acceptors (Lipinski definition) is 2. The van der Waals surface area contributed by atoms with Crippen molar-refractivity contribution in [1.82, 2.24) is 0 Å². The second-order valence-electron chi connectivity index (χ2n) is 3.29. The molecule has 11 heavy (non-hydrogen) atoms. The van der Waals surface area contributed by atoms with E-state index in [4.69, 9.17) is 9.47 Å². The van der Waals surface area contributed by atoms with Crippen molar-refractivity contribution in [2.75, 3.05) is 13.2 Å². The van der Waals surface area contributed by atoms with Gasteiger partial charge in [0, 0.05) is 6.42 Å². The molecule has 2 heteroatoms. The maximum absolute atomic E-state index is 5.55. The van der Waals surface area contributed by atoms with Crippen LogP contribution in [0.25, 0.3) is 0 Å². The molecule has 0 aromatic rings. The van der Waals surface area contributed by atoms with E-state index in [-0.39, 0.29) is 5.79 Å². The van der Waals surface area contributed by atoms with Crippen LogP contribution in [0.4, 0.5) is 0 Å². The van der Waals surface area contributed by atoms with Crippen molar-refractivity contribution < 1.29 is 9.47 Å². The lowest BCUT2D eigenvalue weighted by Crippen LogP contribution is -2.37. The Balaban J connectivity index is 2.25. The molecule has 0 aliphatic carbocycles. The van der Waals surface area contributed by atoms with Gasteiger partial charge in [0.1, 0.15) is 0 Å². The molecule has 0 bridgehead atoms. The fraction of sp³-hybridized carbons (Fsp3) is 1.00. The maximum Gasteiger partial charge on any atom is 0.165 e. The van der Waals surface area contributed by atoms with Gasteiger partial charge in [0.2, 0.25) is 0 Å². The van der Waals surface area contributed by atoms with Gasteiger partial charge in [-0.2, -0.15) is 0 Å². The molecule has 0 spiro atoms. The molecule has 0 radical (unpaired) electrons. The Hall–Kier alpha value is -0.0800. The Bertz CT molecular complexity index is 106. The van der Waals surface area contributed by atoms with Crippen LogP contribution >= 0.6 is 0 Å². The van der Waals surface area contributed by atoms with Crippen molar-refractivity contribution in [2.24, 2.45) is 0 Å². The van der Waals surface area contributed by atoms with Crippen LogP contribution in [0.15, 0.2) is 0 Å². The van der Waals surface area contributed by atoms with Crippen LogP contribution in [0.1, 0.15) is 39.5 Å². The minimum absolute atomic E-state index is 0.270. The van der Waals surface area contributed by atoms with Gasteiger partial charge in [-0.05, 0) is 19.8 Å². The summed E-state index contributed by atoms with van der Waals surface area (Å²) in [5, 5.41) is 0. The van der Waals surface area contributed by atoms with Crippen LogP contribution in [0, 0.1) is 0 Å². The summed E-state index contributed by atoms with van der Waals surface area (Å²) in [5.74, 6) is -0.270. The molecule has 1 rings (SSSR count). The lowest BCUT2D eigenvalue weighted by Gasteiger charge is -2.33. The summed E-state index contributed by atoms with van der Waals surface area (Å²) < 4.78 is 11.1. The monoisotopic (exact) mass is 158 g/mol. The van der Waals surface area contributed by atoms with Crippen LogP contribution in [0.2, 0.25) is 0 Å². The van der Waals surface area contributed by atoms with Gasteiger partial charge in [-0.3, -0.25) is 0 Å². The van der Waals surface area contributed by atoms with Gasteiger partial charge in [-0.1, -0.05) is 13.3 Å². The third-order valence-corrected chi connectivity index (χ3v) is 2.09. The smallest absolute Gasteiger partial charge is 0.165 e. The largest absolute Gasteiger partial charge is 0.350 e. The molecule has 0 atom stereocenters. The molecule has 2 nitrogen and oxygen atoms in total. The second-order valence-corrected chi connectivity index (χ2v) is 3.29. The highest BCUT2D eigenvalue weighted by molar-refractivity contribution is 4.66. The zero-order valence-electron chi connectivity index (χ0n) is 7.56. The Morgan fingerprint density at radius 1 is 1.27 bits per heavy atom. The molecule has 1 aliphatic heterocycles. The molecule has 0 saturated carbocycles. The van der Waals surface area contributed by atoms with E-state index < -0.39 is 0 Å². The van der Waals surface area contributed by atoms with E-state index >= 15 is 0 Å². The first-order valence-electron chi connectivity index (χ1n) is 4.55. The number of ether oxygens (including phenoxy) is 2. The van der Waals surface area contributed by atoms with Gasteiger partial charge in [0.05, 0.1) is 13.2 Å². The van der Waals surface area contributed by atoms with Crippen molar-refractivity contribution in [1.29, 1.82) is 0 Å². The maximum atomic E-state index is 5.55. The summed E-state index contributed by atoms with van der Waals surface area (Å²) in [6, 6.07) is 0.